The van der Waals surface area contributed by atoms with Gasteiger partial charge in [-0.3, -0.25) is 9.78 Å². The van der Waals surface area contributed by atoms with E-state index < -0.39 is 5.97 Å². The molecule has 1 aromatic heterocycles. The van der Waals surface area contributed by atoms with Crippen molar-refractivity contribution in [2.75, 3.05) is 11.9 Å². The number of pyridine rings is 1. The van der Waals surface area contributed by atoms with Crippen molar-refractivity contribution < 1.29 is 9.90 Å². The van der Waals surface area contributed by atoms with E-state index in [4.69, 9.17) is 5.11 Å². The second-order valence-electron chi connectivity index (χ2n) is 3.26. The largest absolute Gasteiger partial charge is 0.481 e. The maximum Gasteiger partial charge on any atom is 0.305 e. The van der Waals surface area contributed by atoms with Crippen LogP contribution in [0.1, 0.15) is 13.3 Å². The Hall–Kier alpha value is -1.58. The summed E-state index contributed by atoms with van der Waals surface area (Å²) in [4.78, 5) is 16.3. The van der Waals surface area contributed by atoms with Crippen LogP contribution in [0.2, 0.25) is 0 Å². The highest BCUT2D eigenvalue weighted by Crippen LogP contribution is 2.14. The minimum atomic E-state index is -0.779. The van der Waals surface area contributed by atoms with Crippen LogP contribution in [0.4, 0.5) is 5.69 Å². The van der Waals surface area contributed by atoms with E-state index in [2.05, 4.69) is 4.98 Å². The number of rotatable bonds is 4. The molecule has 0 amide bonds. The van der Waals surface area contributed by atoms with Gasteiger partial charge in [0.15, 0.2) is 0 Å². The van der Waals surface area contributed by atoms with E-state index in [1.807, 2.05) is 31.0 Å². The van der Waals surface area contributed by atoms with Crippen molar-refractivity contribution >= 4 is 11.7 Å². The molecule has 0 spiro atoms. The zero-order valence-electron chi connectivity index (χ0n) is 8.34. The number of hydrogen-bond donors (Lipinski definition) is 1. The molecule has 0 radical (unpaired) electrons. The zero-order chi connectivity index (χ0) is 10.6. The second-order valence-corrected chi connectivity index (χ2v) is 3.26. The molecule has 76 valence electrons. The third-order valence-electron chi connectivity index (χ3n) is 2.20. The van der Waals surface area contributed by atoms with Crippen LogP contribution in [0, 0.1) is 0 Å². The molecule has 0 aliphatic rings. The van der Waals surface area contributed by atoms with Gasteiger partial charge in [-0.05, 0) is 19.1 Å². The lowest BCUT2D eigenvalue weighted by Gasteiger charge is -2.25. The summed E-state index contributed by atoms with van der Waals surface area (Å²) < 4.78 is 0. The maximum atomic E-state index is 10.5. The van der Waals surface area contributed by atoms with Crippen LogP contribution in [0.5, 0.6) is 0 Å². The van der Waals surface area contributed by atoms with E-state index in [0.717, 1.165) is 5.69 Å². The van der Waals surface area contributed by atoms with E-state index >= 15 is 0 Å². The van der Waals surface area contributed by atoms with Crippen LogP contribution in [-0.2, 0) is 4.79 Å². The molecular formula is C10H14N2O2. The van der Waals surface area contributed by atoms with Crippen molar-refractivity contribution in [3.63, 3.8) is 0 Å². The molecule has 0 fully saturated rings. The average molecular weight is 194 g/mol. The number of hydrogen-bond acceptors (Lipinski definition) is 3. The molecule has 4 heteroatoms. The lowest BCUT2D eigenvalue weighted by atomic mass is 10.2. The Morgan fingerprint density at radius 2 is 2.14 bits per heavy atom. The predicted octanol–water partition coefficient (Wildman–Crippen LogP) is 1.38. The molecule has 14 heavy (non-hydrogen) atoms. The topological polar surface area (TPSA) is 53.4 Å². The predicted molar refractivity (Wildman–Crippen MR) is 54.4 cm³/mol. The highest BCUT2D eigenvalue weighted by molar-refractivity contribution is 5.68. The second kappa shape index (κ2) is 4.60. The van der Waals surface area contributed by atoms with Crippen LogP contribution in [0.15, 0.2) is 24.5 Å². The van der Waals surface area contributed by atoms with Gasteiger partial charge in [0.1, 0.15) is 0 Å². The smallest absolute Gasteiger partial charge is 0.305 e. The summed E-state index contributed by atoms with van der Waals surface area (Å²) in [5.74, 6) is -0.779. The summed E-state index contributed by atoms with van der Waals surface area (Å²) in [5.41, 5.74) is 0.980. The number of aliphatic carboxylic acids is 1. The summed E-state index contributed by atoms with van der Waals surface area (Å²) in [6, 6.07) is 3.70. The van der Waals surface area contributed by atoms with Gasteiger partial charge in [0.05, 0.1) is 6.42 Å². The van der Waals surface area contributed by atoms with Gasteiger partial charge >= 0.3 is 5.97 Å². The van der Waals surface area contributed by atoms with Gasteiger partial charge in [-0.15, -0.1) is 0 Å². The number of carboxylic acids is 1. The lowest BCUT2D eigenvalue weighted by molar-refractivity contribution is -0.137. The van der Waals surface area contributed by atoms with Gasteiger partial charge in [-0.25, -0.2) is 0 Å². The fraction of sp³-hybridized carbons (Fsp3) is 0.400. The minimum absolute atomic E-state index is 0.0186. The minimum Gasteiger partial charge on any atom is -0.481 e. The highest BCUT2D eigenvalue weighted by Gasteiger charge is 2.12. The molecule has 0 aliphatic carbocycles. The number of anilines is 1. The normalized spacial score (nSPS) is 12.1. The maximum absolute atomic E-state index is 10.5. The standard InChI is InChI=1S/C10H14N2O2/c1-8(7-10(13)14)12(2)9-3-5-11-6-4-9/h3-6,8H,7H2,1-2H3,(H,13,14). The molecule has 0 bridgehead atoms. The molecule has 1 atom stereocenters. The molecule has 1 N–H and O–H groups in total. The van der Waals surface area contributed by atoms with E-state index in [9.17, 15) is 4.79 Å². The number of aromatic nitrogens is 1. The van der Waals surface area contributed by atoms with Crippen molar-refractivity contribution in [2.45, 2.75) is 19.4 Å². The Morgan fingerprint density at radius 3 is 2.64 bits per heavy atom. The molecule has 1 rings (SSSR count). The lowest BCUT2D eigenvalue weighted by Crippen LogP contribution is -2.30. The van der Waals surface area contributed by atoms with E-state index in [0.29, 0.717) is 0 Å². The van der Waals surface area contributed by atoms with Crippen molar-refractivity contribution in [1.29, 1.82) is 0 Å². The monoisotopic (exact) mass is 194 g/mol. The van der Waals surface area contributed by atoms with Crippen molar-refractivity contribution in [3.05, 3.63) is 24.5 Å². The Bertz CT molecular complexity index is 300. The summed E-state index contributed by atoms with van der Waals surface area (Å²) in [7, 11) is 1.88. The van der Waals surface area contributed by atoms with Crippen LogP contribution < -0.4 is 4.90 Å². The first-order chi connectivity index (χ1) is 6.61. The Balaban J connectivity index is 2.65. The number of carboxylic acid groups (broad SMARTS) is 1. The molecule has 1 heterocycles. The molecule has 0 aliphatic heterocycles. The van der Waals surface area contributed by atoms with Crippen molar-refractivity contribution in [2.24, 2.45) is 0 Å². The zero-order valence-corrected chi connectivity index (χ0v) is 8.34. The summed E-state index contributed by atoms with van der Waals surface area (Å²) in [6.45, 7) is 1.88. The van der Waals surface area contributed by atoms with Gasteiger partial charge in [0, 0.05) is 31.2 Å². The first-order valence-corrected chi connectivity index (χ1v) is 4.46. The van der Waals surface area contributed by atoms with E-state index in [1.54, 1.807) is 12.4 Å². The first-order valence-electron chi connectivity index (χ1n) is 4.46. The molecule has 0 saturated heterocycles. The fourth-order valence-electron chi connectivity index (χ4n) is 1.22. The fourth-order valence-corrected chi connectivity index (χ4v) is 1.22. The highest BCUT2D eigenvalue weighted by atomic mass is 16.4. The van der Waals surface area contributed by atoms with Crippen LogP contribution >= 0.6 is 0 Å². The van der Waals surface area contributed by atoms with Gasteiger partial charge in [0.25, 0.3) is 0 Å². The Labute approximate surface area is 83.2 Å². The third-order valence-corrected chi connectivity index (χ3v) is 2.20. The van der Waals surface area contributed by atoms with Crippen LogP contribution in [-0.4, -0.2) is 29.1 Å². The van der Waals surface area contributed by atoms with Crippen LogP contribution in [0.3, 0.4) is 0 Å². The molecule has 1 unspecified atom stereocenters. The van der Waals surface area contributed by atoms with E-state index in [1.165, 1.54) is 0 Å². The van der Waals surface area contributed by atoms with Gasteiger partial charge in [-0.1, -0.05) is 0 Å². The average Bonchev–Trinajstić information content (AvgIpc) is 2.17. The van der Waals surface area contributed by atoms with Crippen molar-refractivity contribution in [3.8, 4) is 0 Å². The van der Waals surface area contributed by atoms with Gasteiger partial charge in [-0.2, -0.15) is 0 Å². The van der Waals surface area contributed by atoms with Crippen molar-refractivity contribution in [1.82, 2.24) is 4.98 Å². The van der Waals surface area contributed by atoms with E-state index in [-0.39, 0.29) is 12.5 Å². The number of nitrogens with zero attached hydrogens (tertiary/aromatic N) is 2. The molecule has 0 saturated carbocycles. The Morgan fingerprint density at radius 1 is 1.57 bits per heavy atom. The Kier molecular flexibility index (Phi) is 3.45. The number of carbonyl (C=O) groups is 1. The van der Waals surface area contributed by atoms with Crippen LogP contribution in [0.25, 0.3) is 0 Å². The third kappa shape index (κ3) is 2.73. The molecular weight excluding hydrogens is 180 g/mol. The van der Waals surface area contributed by atoms with Gasteiger partial charge < -0.3 is 10.0 Å². The molecule has 1 aromatic rings. The molecule has 4 nitrogen and oxygen atoms in total. The first kappa shape index (κ1) is 10.5. The van der Waals surface area contributed by atoms with Gasteiger partial charge in [0.2, 0.25) is 0 Å². The summed E-state index contributed by atoms with van der Waals surface area (Å²) in [6.07, 6.45) is 3.53. The molecule has 0 aromatic carbocycles. The summed E-state index contributed by atoms with van der Waals surface area (Å²) >= 11 is 0. The SMILES string of the molecule is CC(CC(=O)O)N(C)c1ccncc1. The summed E-state index contributed by atoms with van der Waals surface area (Å²) in [5, 5.41) is 8.64. The quantitative estimate of drug-likeness (QED) is 0.786.